The van der Waals surface area contributed by atoms with Crippen molar-refractivity contribution in [2.75, 3.05) is 18.4 Å². The van der Waals surface area contributed by atoms with Gasteiger partial charge in [0, 0.05) is 25.2 Å². The number of carbonyl (C=O) groups is 1. The minimum absolute atomic E-state index is 0.0250. The minimum Gasteiger partial charge on any atom is -0.444 e. The number of nitrogens with one attached hydrogen (secondary N) is 1. The lowest BCUT2D eigenvalue weighted by Crippen LogP contribution is -2.36. The van der Waals surface area contributed by atoms with E-state index in [1.54, 1.807) is 17.0 Å². The smallest absolute Gasteiger partial charge is 0.410 e. The number of likely N-dealkylation sites (tertiary alicyclic amines) is 1. The van der Waals surface area contributed by atoms with Crippen LogP contribution in [0.2, 0.25) is 0 Å². The van der Waals surface area contributed by atoms with Gasteiger partial charge in [-0.2, -0.15) is 0 Å². The van der Waals surface area contributed by atoms with Crippen LogP contribution in [0.25, 0.3) is 0 Å². The average molecular weight is 321 g/mol. The number of ether oxygens (including phenoxy) is 1. The number of hydrogen-bond donors (Lipinski definition) is 1. The van der Waals surface area contributed by atoms with E-state index >= 15 is 0 Å². The van der Waals surface area contributed by atoms with Gasteiger partial charge in [-0.05, 0) is 45.7 Å². The summed E-state index contributed by atoms with van der Waals surface area (Å²) in [5.41, 5.74) is 0.954. The summed E-state index contributed by atoms with van der Waals surface area (Å²) in [5, 5.41) is 14.3. The molecule has 1 amide bonds. The number of nitro groups is 1. The Kier molecular flexibility index (Phi) is 4.77. The van der Waals surface area contributed by atoms with E-state index in [-0.39, 0.29) is 17.8 Å². The summed E-state index contributed by atoms with van der Waals surface area (Å²) in [6.07, 6.45) is 0.380. The molecular weight excluding hydrogens is 298 g/mol. The Balaban J connectivity index is 2.02. The lowest BCUT2D eigenvalue weighted by Gasteiger charge is -2.24. The number of hydrogen-bond acceptors (Lipinski definition) is 5. The SMILES string of the molecule is Cc1ccc([N+](=O)[O-])c(NC2CCN(C(=O)OC(C)(C)C)C2)c1. The van der Waals surface area contributed by atoms with Crippen molar-refractivity contribution < 1.29 is 14.5 Å². The Morgan fingerprint density at radius 1 is 1.43 bits per heavy atom. The fraction of sp³-hybridized carbons (Fsp3) is 0.562. The maximum atomic E-state index is 12.1. The van der Waals surface area contributed by atoms with Gasteiger partial charge >= 0.3 is 6.09 Å². The highest BCUT2D eigenvalue weighted by atomic mass is 16.6. The van der Waals surface area contributed by atoms with E-state index in [1.165, 1.54) is 6.07 Å². The molecule has 23 heavy (non-hydrogen) atoms. The molecule has 1 aromatic carbocycles. The van der Waals surface area contributed by atoms with Crippen LogP contribution in [0.3, 0.4) is 0 Å². The van der Waals surface area contributed by atoms with Crippen LogP contribution in [0.1, 0.15) is 32.8 Å². The molecule has 1 aliphatic rings. The van der Waals surface area contributed by atoms with Crippen LogP contribution in [0.5, 0.6) is 0 Å². The molecule has 2 rings (SSSR count). The van der Waals surface area contributed by atoms with Crippen molar-refractivity contribution >= 4 is 17.5 Å². The maximum absolute atomic E-state index is 12.1. The number of nitro benzene ring substituents is 1. The molecule has 126 valence electrons. The highest BCUT2D eigenvalue weighted by Crippen LogP contribution is 2.27. The molecule has 1 aromatic rings. The van der Waals surface area contributed by atoms with Gasteiger partial charge in [-0.25, -0.2) is 4.79 Å². The van der Waals surface area contributed by atoms with Crippen LogP contribution in [-0.2, 0) is 4.74 Å². The summed E-state index contributed by atoms with van der Waals surface area (Å²) in [5.74, 6) is 0. The van der Waals surface area contributed by atoms with E-state index in [1.807, 2.05) is 27.7 Å². The summed E-state index contributed by atoms with van der Waals surface area (Å²) in [4.78, 5) is 24.4. The minimum atomic E-state index is -0.530. The molecule has 0 spiro atoms. The number of aryl methyl sites for hydroxylation is 1. The van der Waals surface area contributed by atoms with E-state index in [4.69, 9.17) is 4.74 Å². The van der Waals surface area contributed by atoms with Crippen LogP contribution < -0.4 is 5.32 Å². The second-order valence-electron chi connectivity index (χ2n) is 6.83. The molecular formula is C16H23N3O4. The molecule has 1 saturated heterocycles. The highest BCUT2D eigenvalue weighted by Gasteiger charge is 2.30. The van der Waals surface area contributed by atoms with Crippen molar-refractivity contribution in [1.82, 2.24) is 4.90 Å². The predicted molar refractivity (Wildman–Crippen MR) is 87.7 cm³/mol. The molecule has 7 heteroatoms. The van der Waals surface area contributed by atoms with Crippen molar-refractivity contribution in [3.8, 4) is 0 Å². The maximum Gasteiger partial charge on any atom is 0.410 e. The van der Waals surface area contributed by atoms with Crippen molar-refractivity contribution in [1.29, 1.82) is 0 Å². The topological polar surface area (TPSA) is 84.7 Å². The summed E-state index contributed by atoms with van der Waals surface area (Å²) in [6, 6.07) is 4.94. The van der Waals surface area contributed by atoms with Crippen LogP contribution in [0.4, 0.5) is 16.2 Å². The third-order valence-electron chi connectivity index (χ3n) is 3.55. The fourth-order valence-corrected chi connectivity index (χ4v) is 2.52. The standard InChI is InChI=1S/C16H23N3O4/c1-11-5-6-14(19(21)22)13(9-11)17-12-7-8-18(10-12)15(20)23-16(2,3)4/h5-6,9,12,17H,7-8,10H2,1-4H3. The highest BCUT2D eigenvalue weighted by molar-refractivity contribution is 5.69. The van der Waals surface area contributed by atoms with E-state index < -0.39 is 10.5 Å². The molecule has 0 aliphatic carbocycles. The first-order chi connectivity index (χ1) is 10.7. The summed E-state index contributed by atoms with van der Waals surface area (Å²) < 4.78 is 5.35. The lowest BCUT2D eigenvalue weighted by atomic mass is 10.1. The molecule has 0 bridgehead atoms. The summed E-state index contributed by atoms with van der Waals surface area (Å²) >= 11 is 0. The number of carbonyl (C=O) groups excluding carboxylic acids is 1. The number of nitrogens with zero attached hydrogens (tertiary/aromatic N) is 2. The van der Waals surface area contributed by atoms with Gasteiger partial charge in [0.25, 0.3) is 5.69 Å². The Labute approximate surface area is 135 Å². The second kappa shape index (κ2) is 6.44. The van der Waals surface area contributed by atoms with E-state index in [2.05, 4.69) is 5.32 Å². The van der Waals surface area contributed by atoms with Gasteiger partial charge < -0.3 is 15.0 Å². The van der Waals surface area contributed by atoms with Crippen LogP contribution in [0.15, 0.2) is 18.2 Å². The molecule has 1 unspecified atom stereocenters. The molecule has 0 radical (unpaired) electrons. The lowest BCUT2D eigenvalue weighted by molar-refractivity contribution is -0.384. The van der Waals surface area contributed by atoms with E-state index in [0.29, 0.717) is 18.8 Å². The molecule has 7 nitrogen and oxygen atoms in total. The van der Waals surface area contributed by atoms with Crippen LogP contribution >= 0.6 is 0 Å². The second-order valence-corrected chi connectivity index (χ2v) is 6.83. The summed E-state index contributed by atoms with van der Waals surface area (Å²) in [6.45, 7) is 8.41. The Morgan fingerprint density at radius 2 is 2.13 bits per heavy atom. The average Bonchev–Trinajstić information content (AvgIpc) is 2.85. The van der Waals surface area contributed by atoms with Crippen molar-refractivity contribution in [3.05, 3.63) is 33.9 Å². The Bertz CT molecular complexity index is 610. The first kappa shape index (κ1) is 17.1. The number of amides is 1. The summed E-state index contributed by atoms with van der Waals surface area (Å²) in [7, 11) is 0. The third kappa shape index (κ3) is 4.58. The molecule has 0 saturated carbocycles. The number of rotatable bonds is 3. The molecule has 1 aliphatic heterocycles. The normalized spacial score (nSPS) is 17.9. The predicted octanol–water partition coefficient (Wildman–Crippen LogP) is 3.32. The van der Waals surface area contributed by atoms with Gasteiger partial charge in [-0.1, -0.05) is 6.07 Å². The van der Waals surface area contributed by atoms with Gasteiger partial charge in [0.15, 0.2) is 0 Å². The molecule has 1 fully saturated rings. The van der Waals surface area contributed by atoms with Gasteiger partial charge in [0.1, 0.15) is 11.3 Å². The van der Waals surface area contributed by atoms with Crippen LogP contribution in [0, 0.1) is 17.0 Å². The zero-order valence-electron chi connectivity index (χ0n) is 14.0. The fourth-order valence-electron chi connectivity index (χ4n) is 2.52. The van der Waals surface area contributed by atoms with Crippen LogP contribution in [-0.4, -0.2) is 40.6 Å². The first-order valence-corrected chi connectivity index (χ1v) is 7.65. The third-order valence-corrected chi connectivity index (χ3v) is 3.55. The Hall–Kier alpha value is -2.31. The number of anilines is 1. The quantitative estimate of drug-likeness (QED) is 0.682. The van der Waals surface area contributed by atoms with Gasteiger partial charge in [-0.15, -0.1) is 0 Å². The Morgan fingerprint density at radius 3 is 2.74 bits per heavy atom. The van der Waals surface area contributed by atoms with Gasteiger partial charge in [0.05, 0.1) is 4.92 Å². The number of benzene rings is 1. The largest absolute Gasteiger partial charge is 0.444 e. The van der Waals surface area contributed by atoms with E-state index in [9.17, 15) is 14.9 Å². The monoisotopic (exact) mass is 321 g/mol. The van der Waals surface area contributed by atoms with Crippen molar-refractivity contribution in [3.63, 3.8) is 0 Å². The van der Waals surface area contributed by atoms with Gasteiger partial charge in [0.2, 0.25) is 0 Å². The molecule has 1 N–H and O–H groups in total. The first-order valence-electron chi connectivity index (χ1n) is 7.65. The van der Waals surface area contributed by atoms with E-state index in [0.717, 1.165) is 12.0 Å². The zero-order chi connectivity index (χ0) is 17.2. The molecule has 0 aromatic heterocycles. The van der Waals surface area contributed by atoms with Crippen molar-refractivity contribution in [2.24, 2.45) is 0 Å². The zero-order valence-corrected chi connectivity index (χ0v) is 14.0. The van der Waals surface area contributed by atoms with Gasteiger partial charge in [-0.3, -0.25) is 10.1 Å². The molecule has 1 heterocycles. The molecule has 1 atom stereocenters. The van der Waals surface area contributed by atoms with Crippen molar-refractivity contribution in [2.45, 2.75) is 45.8 Å².